The number of thiocarbonyl (C=S) groups is 1. The minimum absolute atomic E-state index is 0.00786. The van der Waals surface area contributed by atoms with Gasteiger partial charge in [-0.15, -0.1) is 0 Å². The molecule has 74 heavy (non-hydrogen) atoms. The molecule has 3 fully saturated rings. The van der Waals surface area contributed by atoms with Crippen LogP contribution in [-0.2, 0) is 52.4 Å². The van der Waals surface area contributed by atoms with Crippen molar-refractivity contribution in [2.75, 3.05) is 27.9 Å². The molecule has 2 saturated heterocycles. The molecule has 0 spiro atoms. The minimum Gasteiger partial charge on any atom is -0.460 e. The average Bonchev–Trinajstić information content (AvgIpc) is 3.38. The van der Waals surface area contributed by atoms with E-state index in [9.17, 15) is 34.2 Å². The van der Waals surface area contributed by atoms with Crippen LogP contribution in [0, 0.1) is 35.5 Å². The first-order chi connectivity index (χ1) is 35.2. The van der Waals surface area contributed by atoms with E-state index in [2.05, 4.69) is 0 Å². The number of ketones is 3. The summed E-state index contributed by atoms with van der Waals surface area (Å²) in [6, 6.07) is 7.96. The van der Waals surface area contributed by atoms with Gasteiger partial charge in [-0.1, -0.05) is 89.3 Å². The van der Waals surface area contributed by atoms with E-state index < -0.39 is 77.8 Å². The number of methoxy groups -OCH3 is 3. The third kappa shape index (κ3) is 16.3. The number of aliphatic hydroxyl groups is 2. The summed E-state index contributed by atoms with van der Waals surface area (Å²) in [6.07, 6.45) is 11.3. The van der Waals surface area contributed by atoms with Crippen LogP contribution in [0.2, 0.25) is 0 Å². The number of cyclic esters (lactones) is 1. The van der Waals surface area contributed by atoms with E-state index in [4.69, 9.17) is 45.4 Å². The lowest BCUT2D eigenvalue weighted by atomic mass is 9.78. The second-order valence-corrected chi connectivity index (χ2v) is 21.7. The Morgan fingerprint density at radius 3 is 2.27 bits per heavy atom. The van der Waals surface area contributed by atoms with Gasteiger partial charge in [-0.2, -0.15) is 0 Å². The molecule has 0 radical (unpaired) electrons. The van der Waals surface area contributed by atoms with Crippen LogP contribution in [0.5, 0.6) is 5.75 Å². The summed E-state index contributed by atoms with van der Waals surface area (Å²) in [7, 11) is 4.57. The van der Waals surface area contributed by atoms with Crippen molar-refractivity contribution < 1.29 is 67.3 Å². The normalized spacial score (nSPS) is 36.7. The molecule has 16 heteroatoms. The quantitative estimate of drug-likeness (QED) is 0.109. The first-order valence-corrected chi connectivity index (χ1v) is 27.0. The summed E-state index contributed by atoms with van der Waals surface area (Å²) >= 11 is 5.44. The summed E-state index contributed by atoms with van der Waals surface area (Å²) in [4.78, 5) is 72.6. The van der Waals surface area contributed by atoms with Crippen molar-refractivity contribution in [1.29, 1.82) is 0 Å². The number of aliphatic hydroxyl groups excluding tert-OH is 1. The highest BCUT2D eigenvalue weighted by atomic mass is 32.1. The summed E-state index contributed by atoms with van der Waals surface area (Å²) in [5.41, 5.74) is 1.25. The smallest absolute Gasteiger partial charge is 0.358 e. The maximum atomic E-state index is 14.6. The van der Waals surface area contributed by atoms with Gasteiger partial charge in [0.05, 0.1) is 18.3 Å². The van der Waals surface area contributed by atoms with Crippen LogP contribution < -0.4 is 4.74 Å². The van der Waals surface area contributed by atoms with Gasteiger partial charge in [-0.25, -0.2) is 4.79 Å². The Morgan fingerprint density at radius 2 is 1.58 bits per heavy atom. The molecule has 1 aliphatic carbocycles. The average molecular weight is 1050 g/mol. The molecule has 2 N–H and O–H groups in total. The molecule has 15 atom stereocenters. The number of Topliss-reactive ketones (excluding diaryl/α,β-unsaturated/α-hetero) is 3. The molecule has 0 unspecified atom stereocenters. The minimum atomic E-state index is -2.45. The molecule has 3 aliphatic heterocycles. The highest BCUT2D eigenvalue weighted by molar-refractivity contribution is 7.79. The van der Waals surface area contributed by atoms with Gasteiger partial charge in [0, 0.05) is 70.7 Å². The molecule has 3 heterocycles. The number of rotatable bonds is 8. The molecule has 5 rings (SSSR count). The van der Waals surface area contributed by atoms with Crippen LogP contribution in [-0.4, -0.2) is 132 Å². The number of fused-ring (bicyclic) bond motifs is 3. The summed E-state index contributed by atoms with van der Waals surface area (Å²) in [5, 5.41) is 23.6. The second-order valence-electron chi connectivity index (χ2n) is 21.3. The van der Waals surface area contributed by atoms with Crippen LogP contribution in [0.15, 0.2) is 77.9 Å². The lowest BCUT2D eigenvalue weighted by Gasteiger charge is -2.42. The molecule has 0 aromatic heterocycles. The Kier molecular flexibility index (Phi) is 23.4. The molecule has 2 bridgehead atoms. The van der Waals surface area contributed by atoms with Gasteiger partial charge in [0.15, 0.2) is 5.78 Å². The largest absolute Gasteiger partial charge is 0.460 e. The van der Waals surface area contributed by atoms with E-state index in [1.807, 2.05) is 76.3 Å². The first kappa shape index (κ1) is 60.4. The topological polar surface area (TPSA) is 194 Å². The monoisotopic (exact) mass is 1050 g/mol. The lowest BCUT2D eigenvalue weighted by molar-refractivity contribution is -0.265. The zero-order valence-corrected chi connectivity index (χ0v) is 46.1. The predicted molar refractivity (Wildman–Crippen MR) is 284 cm³/mol. The van der Waals surface area contributed by atoms with Gasteiger partial charge < -0.3 is 48.3 Å². The summed E-state index contributed by atoms with van der Waals surface area (Å²) in [5.74, 6) is -7.60. The molecule has 410 valence electrons. The van der Waals surface area contributed by atoms with Crippen LogP contribution in [0.25, 0.3) is 0 Å². The number of allylic oxidation sites excluding steroid dienone is 6. The predicted octanol–water partition coefficient (Wildman–Crippen LogP) is 8.57. The third-order valence-electron chi connectivity index (χ3n) is 15.6. The maximum absolute atomic E-state index is 14.6. The Balaban J connectivity index is 1.43. The Hall–Kier alpha value is -4.42. The van der Waals surface area contributed by atoms with Crippen molar-refractivity contribution in [3.8, 4) is 5.75 Å². The molecule has 1 aromatic carbocycles. The fourth-order valence-electron chi connectivity index (χ4n) is 11.0. The molecule has 15 nitrogen and oxygen atoms in total. The molecular formula is C58H83NO14S. The van der Waals surface area contributed by atoms with Crippen molar-refractivity contribution in [3.63, 3.8) is 0 Å². The maximum Gasteiger partial charge on any atom is 0.358 e. The number of carbonyl (C=O) groups excluding carboxylic acids is 5. The first-order valence-electron chi connectivity index (χ1n) is 26.6. The van der Waals surface area contributed by atoms with Gasteiger partial charge in [0.2, 0.25) is 5.79 Å². The van der Waals surface area contributed by atoms with Crippen LogP contribution >= 0.6 is 12.2 Å². The van der Waals surface area contributed by atoms with Gasteiger partial charge in [0.25, 0.3) is 11.7 Å². The fraction of sp³-hybridized carbons (Fsp3) is 0.655. The van der Waals surface area contributed by atoms with Crippen molar-refractivity contribution in [2.24, 2.45) is 35.5 Å². The van der Waals surface area contributed by atoms with Crippen molar-refractivity contribution in [2.45, 2.75) is 180 Å². The third-order valence-corrected chi connectivity index (χ3v) is 15.8. The Bertz CT molecular complexity index is 2190. The van der Waals surface area contributed by atoms with Crippen molar-refractivity contribution >= 4 is 46.7 Å². The molecule has 4 aliphatic rings. The van der Waals surface area contributed by atoms with Crippen LogP contribution in [0.1, 0.15) is 126 Å². The van der Waals surface area contributed by atoms with E-state index in [-0.39, 0.29) is 66.2 Å². The Labute approximate surface area is 444 Å². The molecular weight excluding hydrogens is 967 g/mol. The molecule has 1 aromatic rings. The number of nitrogens with zero attached hydrogens (tertiary/aromatic N) is 1. The number of piperidine rings is 1. The lowest BCUT2D eigenvalue weighted by Crippen LogP contribution is -2.61. The van der Waals surface area contributed by atoms with E-state index in [1.54, 1.807) is 53.2 Å². The summed E-state index contributed by atoms with van der Waals surface area (Å²) < 4.78 is 41.7. The number of carbonyl (C=O) groups is 5. The fourth-order valence-corrected chi connectivity index (χ4v) is 11.2. The summed E-state index contributed by atoms with van der Waals surface area (Å²) in [6.45, 7) is 12.8. The van der Waals surface area contributed by atoms with Gasteiger partial charge in [-0.3, -0.25) is 19.2 Å². The highest BCUT2D eigenvalue weighted by Gasteiger charge is 2.53. The van der Waals surface area contributed by atoms with E-state index in [1.165, 1.54) is 12.0 Å². The number of para-hydroxylation sites is 1. The van der Waals surface area contributed by atoms with Crippen molar-refractivity contribution in [3.05, 3.63) is 77.9 Å². The molecule has 1 saturated carbocycles. The SMILES string of the molecule is CO[C@H]1C[C@@H]2CC[C@@H](C)[C@@](O)(O2)C(=O)C(=O)N2CCCC[C@H]2C(=O)O[C@H]([C@H](C)C[C@@H]2CC[C@@H](OC(=S)Oc3ccccc3)[C@H](OC)C2)CC(=O)[C@H](C)/C=C(\C)[C@@H](O)[C@@H](OC)C(=O)[C@H](C)C[C@H](C)/C=C/C=C/C=C/1C. The van der Waals surface area contributed by atoms with Crippen LogP contribution in [0.4, 0.5) is 0 Å². The standard InChI is InChI=1S/C58H83NO14S/c1-35-19-13-11-14-20-36(2)48(67-8)33-44-26-24-41(7)58(66,73-44)54(63)55(64)59-28-18-17-23-45(59)56(65)71-49(34-46(60)37(3)30-40(6)52(62)53(69-10)51(61)39(5)29-35)38(4)31-42-25-27-47(50(32-42)68-9)72-57(74)70-43-21-15-12-16-22-43/h11-16,19-22,30,35,37-39,41-42,44-45,47-50,52-53,62,66H,17-18,23-29,31-34H2,1-10H3/b14-11+,19-13+,36-20+,40-30+/t35-,37-,38-,39-,41-,42+,44+,45+,47-,48+,49+,50-,52-,53+,58-/m1/s1. The second kappa shape index (κ2) is 28.6. The number of amides is 1. The van der Waals surface area contributed by atoms with E-state index in [0.717, 1.165) is 12.0 Å². The van der Waals surface area contributed by atoms with E-state index in [0.29, 0.717) is 69.1 Å². The number of benzene rings is 1. The van der Waals surface area contributed by atoms with Crippen molar-refractivity contribution in [1.82, 2.24) is 4.90 Å². The van der Waals surface area contributed by atoms with Gasteiger partial charge >= 0.3 is 11.2 Å². The van der Waals surface area contributed by atoms with Gasteiger partial charge in [0.1, 0.15) is 42.0 Å². The van der Waals surface area contributed by atoms with Gasteiger partial charge in [-0.05, 0) is 119 Å². The Morgan fingerprint density at radius 1 is 0.851 bits per heavy atom. The zero-order valence-electron chi connectivity index (χ0n) is 45.3. The number of esters is 1. The van der Waals surface area contributed by atoms with E-state index >= 15 is 0 Å². The van der Waals surface area contributed by atoms with Crippen LogP contribution in [0.3, 0.4) is 0 Å². The number of ether oxygens (including phenoxy) is 7. The molecule has 1 amide bonds. The number of hydrogen-bond acceptors (Lipinski definition) is 15. The number of hydrogen-bond donors (Lipinski definition) is 2. The zero-order chi connectivity index (χ0) is 54.3. The highest BCUT2D eigenvalue weighted by Crippen LogP contribution is 2.38.